The Morgan fingerprint density at radius 3 is 2.71 bits per heavy atom. The summed E-state index contributed by atoms with van der Waals surface area (Å²) >= 11 is 8.62. The summed E-state index contributed by atoms with van der Waals surface area (Å²) in [6, 6.07) is 7.98. The molecule has 0 unspecified atom stereocenters. The molecule has 5 heteroatoms. The Morgan fingerprint density at radius 2 is 2.12 bits per heavy atom. The number of aromatic nitrogens is 3. The first kappa shape index (κ1) is 12.3. The Morgan fingerprint density at radius 1 is 1.47 bits per heavy atom. The standard InChI is InChI=1S/C12H12BrN3S/c1-8(2)7-16-11(14-15-12(16)17)9-3-5-10(13)6-4-9/h3-6H,1,7H2,2H3,(H,15,17). The third-order valence-electron chi connectivity index (χ3n) is 2.29. The number of hydrogen-bond acceptors (Lipinski definition) is 2. The molecule has 0 saturated heterocycles. The van der Waals surface area contributed by atoms with Crippen LogP contribution in [0.3, 0.4) is 0 Å². The van der Waals surface area contributed by atoms with Crippen molar-refractivity contribution in [1.29, 1.82) is 0 Å². The van der Waals surface area contributed by atoms with Crippen molar-refractivity contribution >= 4 is 28.1 Å². The first-order valence-electron chi connectivity index (χ1n) is 5.13. The third kappa shape index (κ3) is 2.73. The minimum Gasteiger partial charge on any atom is -0.296 e. The molecule has 17 heavy (non-hydrogen) atoms. The SMILES string of the molecule is C=C(C)Cn1c(-c2ccc(Br)cc2)n[nH]c1=S. The van der Waals surface area contributed by atoms with Gasteiger partial charge in [-0.25, -0.2) is 0 Å². The highest BCUT2D eigenvalue weighted by atomic mass is 79.9. The van der Waals surface area contributed by atoms with Crippen molar-refractivity contribution in [3.63, 3.8) is 0 Å². The van der Waals surface area contributed by atoms with E-state index in [1.165, 1.54) is 0 Å². The van der Waals surface area contributed by atoms with Gasteiger partial charge in [-0.05, 0) is 31.3 Å². The zero-order valence-corrected chi connectivity index (χ0v) is 11.8. The summed E-state index contributed by atoms with van der Waals surface area (Å²) in [5.41, 5.74) is 2.07. The van der Waals surface area contributed by atoms with E-state index in [0.717, 1.165) is 21.4 Å². The van der Waals surface area contributed by atoms with Crippen LogP contribution in [0.1, 0.15) is 6.92 Å². The molecule has 0 atom stereocenters. The summed E-state index contributed by atoms with van der Waals surface area (Å²) in [5, 5.41) is 7.08. The maximum absolute atomic E-state index is 5.21. The van der Waals surface area contributed by atoms with Crippen molar-refractivity contribution < 1.29 is 0 Å². The van der Waals surface area contributed by atoms with Gasteiger partial charge in [0.15, 0.2) is 10.6 Å². The smallest absolute Gasteiger partial charge is 0.195 e. The van der Waals surface area contributed by atoms with Crippen LogP contribution in [-0.2, 0) is 6.54 Å². The fourth-order valence-corrected chi connectivity index (χ4v) is 2.01. The summed E-state index contributed by atoms with van der Waals surface area (Å²) in [7, 11) is 0. The lowest BCUT2D eigenvalue weighted by molar-refractivity contribution is 0.778. The quantitative estimate of drug-likeness (QED) is 0.688. The van der Waals surface area contributed by atoms with Gasteiger partial charge < -0.3 is 0 Å². The lowest BCUT2D eigenvalue weighted by Crippen LogP contribution is -2.01. The molecular weight excluding hydrogens is 298 g/mol. The first-order chi connectivity index (χ1) is 8.08. The van der Waals surface area contributed by atoms with Gasteiger partial charge in [0.25, 0.3) is 0 Å². The molecule has 1 heterocycles. The molecule has 0 spiro atoms. The molecule has 0 aliphatic carbocycles. The molecular formula is C12H12BrN3S. The highest BCUT2D eigenvalue weighted by Gasteiger charge is 2.08. The Balaban J connectivity index is 2.48. The predicted octanol–water partition coefficient (Wildman–Crippen LogP) is 3.95. The van der Waals surface area contributed by atoms with Crippen molar-refractivity contribution in [3.8, 4) is 11.4 Å². The largest absolute Gasteiger partial charge is 0.296 e. The van der Waals surface area contributed by atoms with Crippen molar-refractivity contribution in [2.24, 2.45) is 0 Å². The van der Waals surface area contributed by atoms with E-state index in [0.29, 0.717) is 11.3 Å². The topological polar surface area (TPSA) is 33.6 Å². The molecule has 2 rings (SSSR count). The Kier molecular flexibility index (Phi) is 3.59. The van der Waals surface area contributed by atoms with Gasteiger partial charge in [-0.2, -0.15) is 5.10 Å². The second-order valence-electron chi connectivity index (χ2n) is 3.90. The molecule has 3 nitrogen and oxygen atoms in total. The molecule has 0 bridgehead atoms. The molecule has 0 saturated carbocycles. The fraction of sp³-hybridized carbons (Fsp3) is 0.167. The third-order valence-corrected chi connectivity index (χ3v) is 3.13. The van der Waals surface area contributed by atoms with E-state index in [1.807, 2.05) is 35.8 Å². The fourth-order valence-electron chi connectivity index (χ4n) is 1.55. The number of aromatic amines is 1. The Hall–Kier alpha value is -1.20. The van der Waals surface area contributed by atoms with Crippen LogP contribution < -0.4 is 0 Å². The number of halogens is 1. The van der Waals surface area contributed by atoms with Crippen LogP contribution in [-0.4, -0.2) is 14.8 Å². The highest BCUT2D eigenvalue weighted by molar-refractivity contribution is 9.10. The van der Waals surface area contributed by atoms with Gasteiger partial charge in [-0.1, -0.05) is 40.2 Å². The number of H-pyrrole nitrogens is 1. The number of benzene rings is 1. The normalized spacial score (nSPS) is 10.5. The van der Waals surface area contributed by atoms with Crippen LogP contribution >= 0.6 is 28.1 Å². The van der Waals surface area contributed by atoms with Crippen LogP contribution in [0.25, 0.3) is 11.4 Å². The second kappa shape index (κ2) is 4.98. The number of rotatable bonds is 3. The minimum atomic E-state index is 0.617. The summed E-state index contributed by atoms with van der Waals surface area (Å²) < 4.78 is 3.61. The highest BCUT2D eigenvalue weighted by Crippen LogP contribution is 2.20. The number of allylic oxidation sites excluding steroid dienone is 1. The van der Waals surface area contributed by atoms with Gasteiger partial charge in [0.1, 0.15) is 0 Å². The lowest BCUT2D eigenvalue weighted by Gasteiger charge is -2.06. The summed E-state index contributed by atoms with van der Waals surface area (Å²) in [6.07, 6.45) is 0. The van der Waals surface area contributed by atoms with E-state index in [9.17, 15) is 0 Å². The van der Waals surface area contributed by atoms with Crippen molar-refractivity contribution in [2.75, 3.05) is 0 Å². The summed E-state index contributed by atoms with van der Waals surface area (Å²) in [5.74, 6) is 0.838. The maximum atomic E-state index is 5.21. The average molecular weight is 310 g/mol. The molecule has 88 valence electrons. The molecule has 1 aromatic carbocycles. The number of hydrogen-bond donors (Lipinski definition) is 1. The molecule has 1 N–H and O–H groups in total. The first-order valence-corrected chi connectivity index (χ1v) is 6.33. The molecule has 1 aromatic heterocycles. The van der Waals surface area contributed by atoms with Crippen molar-refractivity contribution in [1.82, 2.24) is 14.8 Å². The average Bonchev–Trinajstić information content (AvgIpc) is 2.61. The van der Waals surface area contributed by atoms with Gasteiger partial charge >= 0.3 is 0 Å². The van der Waals surface area contributed by atoms with Gasteiger partial charge in [0.05, 0.1) is 0 Å². The molecule has 2 aromatic rings. The molecule has 0 aliphatic rings. The minimum absolute atomic E-state index is 0.617. The van der Waals surface area contributed by atoms with Crippen LogP contribution in [0.4, 0.5) is 0 Å². The van der Waals surface area contributed by atoms with Gasteiger partial charge in [-0.3, -0.25) is 9.67 Å². The zero-order chi connectivity index (χ0) is 12.4. The van der Waals surface area contributed by atoms with E-state index in [-0.39, 0.29) is 0 Å². The molecule has 0 aliphatic heterocycles. The van der Waals surface area contributed by atoms with Crippen molar-refractivity contribution in [2.45, 2.75) is 13.5 Å². The predicted molar refractivity (Wildman–Crippen MR) is 75.4 cm³/mol. The summed E-state index contributed by atoms with van der Waals surface area (Å²) in [6.45, 7) is 6.56. The monoisotopic (exact) mass is 309 g/mol. The van der Waals surface area contributed by atoms with Crippen LogP contribution in [0.2, 0.25) is 0 Å². The lowest BCUT2D eigenvalue weighted by atomic mass is 10.2. The summed E-state index contributed by atoms with van der Waals surface area (Å²) in [4.78, 5) is 0. The number of nitrogens with zero attached hydrogens (tertiary/aromatic N) is 2. The molecule has 0 amide bonds. The van der Waals surface area contributed by atoms with Crippen molar-refractivity contribution in [3.05, 3.63) is 45.7 Å². The van der Waals surface area contributed by atoms with Gasteiger partial charge in [-0.15, -0.1) is 0 Å². The van der Waals surface area contributed by atoms with Crippen LogP contribution in [0.15, 0.2) is 40.9 Å². The van der Waals surface area contributed by atoms with Crippen LogP contribution in [0.5, 0.6) is 0 Å². The van der Waals surface area contributed by atoms with E-state index in [1.54, 1.807) is 0 Å². The molecule has 0 fully saturated rings. The second-order valence-corrected chi connectivity index (χ2v) is 5.20. The van der Waals surface area contributed by atoms with E-state index in [4.69, 9.17) is 12.2 Å². The Bertz CT molecular complexity index is 595. The molecule has 0 radical (unpaired) electrons. The van der Waals surface area contributed by atoms with E-state index >= 15 is 0 Å². The van der Waals surface area contributed by atoms with Crippen LogP contribution in [0, 0.1) is 4.77 Å². The zero-order valence-electron chi connectivity index (χ0n) is 9.40. The van der Waals surface area contributed by atoms with E-state index < -0.39 is 0 Å². The number of nitrogens with one attached hydrogen (secondary N) is 1. The van der Waals surface area contributed by atoms with E-state index in [2.05, 4.69) is 32.7 Å². The maximum Gasteiger partial charge on any atom is 0.195 e. The van der Waals surface area contributed by atoms with Gasteiger partial charge in [0, 0.05) is 16.6 Å². The Labute approximate surface area is 113 Å². The van der Waals surface area contributed by atoms with Gasteiger partial charge in [0.2, 0.25) is 0 Å².